The van der Waals surface area contributed by atoms with Gasteiger partial charge in [0.15, 0.2) is 0 Å². The number of ether oxygens (including phenoxy) is 1. The van der Waals surface area contributed by atoms with Gasteiger partial charge in [-0.2, -0.15) is 0 Å². The number of likely N-dealkylation sites (N-methyl/N-ethyl adjacent to an activating group) is 1. The summed E-state index contributed by atoms with van der Waals surface area (Å²) in [4.78, 5) is 2.18. The standard InChI is InChI=1S/C16H27NO2/c1-6-13(4)17(5)11-16(18)14-7-9-15(10-8-14)19-12(2)3/h7-10,12-13,16,18H,6,11H2,1-5H3. The number of benzene rings is 1. The first-order valence-corrected chi connectivity index (χ1v) is 7.09. The minimum absolute atomic E-state index is 0.173. The van der Waals surface area contributed by atoms with Crippen LogP contribution in [0.4, 0.5) is 0 Å². The van der Waals surface area contributed by atoms with Gasteiger partial charge in [0.1, 0.15) is 5.75 Å². The van der Waals surface area contributed by atoms with E-state index in [1.807, 2.05) is 45.2 Å². The van der Waals surface area contributed by atoms with Crippen molar-refractivity contribution in [2.45, 2.75) is 52.4 Å². The maximum Gasteiger partial charge on any atom is 0.119 e. The van der Waals surface area contributed by atoms with Gasteiger partial charge in [0.25, 0.3) is 0 Å². The van der Waals surface area contributed by atoms with Crippen molar-refractivity contribution < 1.29 is 9.84 Å². The monoisotopic (exact) mass is 265 g/mol. The van der Waals surface area contributed by atoms with Crippen LogP contribution in [0.3, 0.4) is 0 Å². The fourth-order valence-electron chi connectivity index (χ4n) is 1.91. The fraction of sp³-hybridized carbons (Fsp3) is 0.625. The van der Waals surface area contributed by atoms with E-state index in [9.17, 15) is 5.11 Å². The molecule has 0 amide bonds. The van der Waals surface area contributed by atoms with Gasteiger partial charge in [0, 0.05) is 12.6 Å². The van der Waals surface area contributed by atoms with Gasteiger partial charge in [0.05, 0.1) is 12.2 Å². The third kappa shape index (κ3) is 5.21. The summed E-state index contributed by atoms with van der Waals surface area (Å²) in [6.07, 6.45) is 0.809. The Labute approximate surface area is 117 Å². The molecule has 2 unspecified atom stereocenters. The van der Waals surface area contributed by atoms with Gasteiger partial charge >= 0.3 is 0 Å². The van der Waals surface area contributed by atoms with E-state index in [4.69, 9.17) is 4.74 Å². The topological polar surface area (TPSA) is 32.7 Å². The molecule has 0 radical (unpaired) electrons. The Morgan fingerprint density at radius 3 is 2.21 bits per heavy atom. The maximum atomic E-state index is 10.2. The summed E-state index contributed by atoms with van der Waals surface area (Å²) in [6, 6.07) is 8.20. The van der Waals surface area contributed by atoms with E-state index in [0.717, 1.165) is 17.7 Å². The van der Waals surface area contributed by atoms with Crippen molar-refractivity contribution in [3.05, 3.63) is 29.8 Å². The van der Waals surface area contributed by atoms with E-state index in [1.54, 1.807) is 0 Å². The van der Waals surface area contributed by atoms with Gasteiger partial charge in [0.2, 0.25) is 0 Å². The quantitative estimate of drug-likeness (QED) is 0.821. The van der Waals surface area contributed by atoms with Gasteiger partial charge in [-0.1, -0.05) is 19.1 Å². The molecule has 0 aliphatic heterocycles. The second-order valence-electron chi connectivity index (χ2n) is 5.45. The molecular formula is C16H27NO2. The molecule has 0 aromatic heterocycles. The normalized spacial score (nSPS) is 14.7. The molecule has 1 rings (SSSR count). The van der Waals surface area contributed by atoms with Crippen LogP contribution in [0.25, 0.3) is 0 Å². The molecule has 19 heavy (non-hydrogen) atoms. The van der Waals surface area contributed by atoms with E-state index in [2.05, 4.69) is 18.7 Å². The van der Waals surface area contributed by atoms with E-state index in [1.165, 1.54) is 0 Å². The van der Waals surface area contributed by atoms with Gasteiger partial charge in [-0.25, -0.2) is 0 Å². The predicted octanol–water partition coefficient (Wildman–Crippen LogP) is 3.24. The summed E-state index contributed by atoms with van der Waals surface area (Å²) in [7, 11) is 2.05. The van der Waals surface area contributed by atoms with Gasteiger partial charge in [-0.05, 0) is 51.9 Å². The molecule has 2 atom stereocenters. The van der Waals surface area contributed by atoms with Crippen LogP contribution in [0.1, 0.15) is 45.8 Å². The average Bonchev–Trinajstić information content (AvgIpc) is 2.37. The summed E-state index contributed by atoms with van der Waals surface area (Å²) in [5.41, 5.74) is 0.936. The number of aliphatic hydroxyl groups excluding tert-OH is 1. The summed E-state index contributed by atoms with van der Waals surface area (Å²) in [5, 5.41) is 10.2. The largest absolute Gasteiger partial charge is 0.491 e. The molecule has 1 aromatic carbocycles. The molecule has 0 spiro atoms. The highest BCUT2D eigenvalue weighted by Crippen LogP contribution is 2.20. The molecule has 1 N–H and O–H groups in total. The predicted molar refractivity (Wildman–Crippen MR) is 79.5 cm³/mol. The van der Waals surface area contributed by atoms with Gasteiger partial charge in [-0.3, -0.25) is 0 Å². The van der Waals surface area contributed by atoms with Crippen molar-refractivity contribution in [3.63, 3.8) is 0 Å². The van der Waals surface area contributed by atoms with Crippen LogP contribution in [-0.2, 0) is 0 Å². The number of nitrogens with zero attached hydrogens (tertiary/aromatic N) is 1. The summed E-state index contributed by atoms with van der Waals surface area (Å²) in [6.45, 7) is 8.99. The van der Waals surface area contributed by atoms with Crippen LogP contribution in [0.2, 0.25) is 0 Å². The third-order valence-corrected chi connectivity index (χ3v) is 3.44. The third-order valence-electron chi connectivity index (χ3n) is 3.44. The molecule has 0 fully saturated rings. The fourth-order valence-corrected chi connectivity index (χ4v) is 1.91. The van der Waals surface area contributed by atoms with E-state index in [0.29, 0.717) is 12.6 Å². The molecule has 3 heteroatoms. The molecular weight excluding hydrogens is 238 g/mol. The molecule has 0 saturated carbocycles. The lowest BCUT2D eigenvalue weighted by Gasteiger charge is -2.26. The minimum atomic E-state index is -0.452. The van der Waals surface area contributed by atoms with E-state index >= 15 is 0 Å². The van der Waals surface area contributed by atoms with Gasteiger partial charge in [-0.15, -0.1) is 0 Å². The zero-order valence-corrected chi connectivity index (χ0v) is 12.8. The van der Waals surface area contributed by atoms with Crippen LogP contribution in [0.15, 0.2) is 24.3 Å². The highest BCUT2D eigenvalue weighted by atomic mass is 16.5. The Hall–Kier alpha value is -1.06. The molecule has 3 nitrogen and oxygen atoms in total. The van der Waals surface area contributed by atoms with Crippen molar-refractivity contribution in [3.8, 4) is 5.75 Å². The van der Waals surface area contributed by atoms with Crippen LogP contribution in [0.5, 0.6) is 5.75 Å². The second kappa shape index (κ2) is 7.51. The molecule has 0 heterocycles. The number of aliphatic hydroxyl groups is 1. The summed E-state index contributed by atoms with van der Waals surface area (Å²) < 4.78 is 5.59. The van der Waals surface area contributed by atoms with E-state index < -0.39 is 6.10 Å². The zero-order valence-electron chi connectivity index (χ0n) is 12.8. The molecule has 0 bridgehead atoms. The number of hydrogen-bond acceptors (Lipinski definition) is 3. The van der Waals surface area contributed by atoms with Crippen molar-refractivity contribution >= 4 is 0 Å². The first kappa shape index (κ1) is 16.0. The number of hydrogen-bond donors (Lipinski definition) is 1. The SMILES string of the molecule is CCC(C)N(C)CC(O)c1ccc(OC(C)C)cc1. The highest BCUT2D eigenvalue weighted by molar-refractivity contribution is 5.28. The van der Waals surface area contributed by atoms with Crippen molar-refractivity contribution in [1.82, 2.24) is 4.90 Å². The highest BCUT2D eigenvalue weighted by Gasteiger charge is 2.14. The van der Waals surface area contributed by atoms with Crippen molar-refractivity contribution in [2.75, 3.05) is 13.6 Å². The first-order valence-electron chi connectivity index (χ1n) is 7.09. The maximum absolute atomic E-state index is 10.2. The van der Waals surface area contributed by atoms with Crippen LogP contribution in [0, 0.1) is 0 Å². The molecule has 0 aliphatic rings. The first-order chi connectivity index (χ1) is 8.93. The van der Waals surface area contributed by atoms with E-state index in [-0.39, 0.29) is 6.10 Å². The summed E-state index contributed by atoms with van der Waals surface area (Å²) in [5.74, 6) is 0.848. The Morgan fingerprint density at radius 1 is 1.16 bits per heavy atom. The van der Waals surface area contributed by atoms with Gasteiger partial charge < -0.3 is 14.7 Å². The Bertz CT molecular complexity index is 362. The Kier molecular flexibility index (Phi) is 6.32. The zero-order chi connectivity index (χ0) is 14.4. The Morgan fingerprint density at radius 2 is 1.74 bits per heavy atom. The smallest absolute Gasteiger partial charge is 0.119 e. The molecule has 0 saturated heterocycles. The van der Waals surface area contributed by atoms with Crippen molar-refractivity contribution in [2.24, 2.45) is 0 Å². The molecule has 0 aliphatic carbocycles. The lowest BCUT2D eigenvalue weighted by molar-refractivity contribution is 0.107. The second-order valence-corrected chi connectivity index (χ2v) is 5.45. The average molecular weight is 265 g/mol. The van der Waals surface area contributed by atoms with Crippen LogP contribution < -0.4 is 4.74 Å². The number of rotatable bonds is 7. The van der Waals surface area contributed by atoms with Crippen LogP contribution >= 0.6 is 0 Å². The van der Waals surface area contributed by atoms with Crippen molar-refractivity contribution in [1.29, 1.82) is 0 Å². The van der Waals surface area contributed by atoms with Crippen LogP contribution in [-0.4, -0.2) is 35.7 Å². The lowest BCUT2D eigenvalue weighted by atomic mass is 10.1. The Balaban J connectivity index is 2.60. The molecule has 1 aromatic rings. The summed E-state index contributed by atoms with van der Waals surface area (Å²) >= 11 is 0. The molecule has 108 valence electrons. The lowest BCUT2D eigenvalue weighted by Crippen LogP contribution is -2.32. The minimum Gasteiger partial charge on any atom is -0.491 e.